The van der Waals surface area contributed by atoms with Crippen LogP contribution in [0.2, 0.25) is 0 Å². The lowest BCUT2D eigenvalue weighted by Gasteiger charge is -2.22. The summed E-state index contributed by atoms with van der Waals surface area (Å²) in [7, 11) is 0. The minimum absolute atomic E-state index is 0.0439. The number of aliphatic hydroxyl groups is 1. The monoisotopic (exact) mass is 256 g/mol. The summed E-state index contributed by atoms with van der Waals surface area (Å²) in [6.07, 6.45) is 2.48. The number of rotatable bonds is 5. The van der Waals surface area contributed by atoms with Crippen LogP contribution in [-0.4, -0.2) is 35.6 Å². The Hall–Kier alpha value is -1.10. The smallest absolute Gasteiger partial charge is 0.242 e. The highest BCUT2D eigenvalue weighted by molar-refractivity contribution is 5.87. The Morgan fingerprint density at radius 2 is 2.00 bits per heavy atom. The number of nitrogens with one attached hydrogen (secondary N) is 2. The molecule has 0 aromatic carbocycles. The minimum Gasteiger partial charge on any atom is -0.393 e. The van der Waals surface area contributed by atoms with E-state index in [4.69, 9.17) is 0 Å². The SMILES string of the molecule is CC(=O)NC(C(=O)NCC1CCCC1O)C(C)C. The van der Waals surface area contributed by atoms with Gasteiger partial charge < -0.3 is 15.7 Å². The molecule has 0 saturated heterocycles. The molecule has 0 heterocycles. The molecule has 0 bridgehead atoms. The van der Waals surface area contributed by atoms with Gasteiger partial charge in [0.2, 0.25) is 11.8 Å². The van der Waals surface area contributed by atoms with Crippen LogP contribution in [0.15, 0.2) is 0 Å². The van der Waals surface area contributed by atoms with Crippen LogP contribution >= 0.6 is 0 Å². The summed E-state index contributed by atoms with van der Waals surface area (Å²) in [6, 6.07) is -0.499. The number of aliphatic hydroxyl groups excluding tert-OH is 1. The molecule has 1 saturated carbocycles. The van der Waals surface area contributed by atoms with E-state index in [0.29, 0.717) is 6.54 Å². The zero-order valence-corrected chi connectivity index (χ0v) is 11.4. The topological polar surface area (TPSA) is 78.4 Å². The van der Waals surface area contributed by atoms with Crippen LogP contribution in [0.1, 0.15) is 40.0 Å². The Kier molecular flexibility index (Phi) is 5.59. The van der Waals surface area contributed by atoms with E-state index < -0.39 is 6.04 Å². The van der Waals surface area contributed by atoms with Crippen molar-refractivity contribution in [3.63, 3.8) is 0 Å². The molecule has 0 aliphatic heterocycles. The summed E-state index contributed by atoms with van der Waals surface area (Å²) >= 11 is 0. The molecule has 1 fully saturated rings. The van der Waals surface area contributed by atoms with Gasteiger partial charge in [0, 0.05) is 19.4 Å². The fourth-order valence-corrected chi connectivity index (χ4v) is 2.35. The molecule has 0 radical (unpaired) electrons. The molecular formula is C13H24N2O3. The van der Waals surface area contributed by atoms with Crippen molar-refractivity contribution < 1.29 is 14.7 Å². The summed E-state index contributed by atoms with van der Waals surface area (Å²) in [5.74, 6) is -0.175. The standard InChI is InChI=1S/C13H24N2O3/c1-8(2)12(15-9(3)16)13(18)14-7-10-5-4-6-11(10)17/h8,10-12,17H,4-7H2,1-3H3,(H,14,18)(H,15,16). The third-order valence-electron chi connectivity index (χ3n) is 3.47. The first-order chi connectivity index (χ1) is 8.41. The highest BCUT2D eigenvalue weighted by Gasteiger charge is 2.28. The van der Waals surface area contributed by atoms with Gasteiger partial charge >= 0.3 is 0 Å². The highest BCUT2D eigenvalue weighted by Crippen LogP contribution is 2.24. The van der Waals surface area contributed by atoms with E-state index in [9.17, 15) is 14.7 Å². The molecule has 5 nitrogen and oxygen atoms in total. The van der Waals surface area contributed by atoms with E-state index in [1.165, 1.54) is 6.92 Å². The van der Waals surface area contributed by atoms with E-state index in [-0.39, 0.29) is 29.8 Å². The molecule has 0 aromatic rings. The normalized spacial score (nSPS) is 24.9. The van der Waals surface area contributed by atoms with Gasteiger partial charge in [-0.25, -0.2) is 0 Å². The van der Waals surface area contributed by atoms with Crippen molar-refractivity contribution in [2.24, 2.45) is 11.8 Å². The fourth-order valence-electron chi connectivity index (χ4n) is 2.35. The van der Waals surface area contributed by atoms with Crippen molar-refractivity contribution in [2.45, 2.75) is 52.2 Å². The molecule has 3 N–H and O–H groups in total. The van der Waals surface area contributed by atoms with E-state index in [2.05, 4.69) is 10.6 Å². The van der Waals surface area contributed by atoms with Crippen molar-refractivity contribution in [3.8, 4) is 0 Å². The fraction of sp³-hybridized carbons (Fsp3) is 0.846. The molecule has 5 heteroatoms. The number of carbonyl (C=O) groups is 2. The molecule has 2 amide bonds. The molecule has 1 aliphatic rings. The predicted octanol–water partition coefficient (Wildman–Crippen LogP) is 0.424. The molecule has 3 unspecified atom stereocenters. The van der Waals surface area contributed by atoms with Gasteiger partial charge in [0.1, 0.15) is 6.04 Å². The molecule has 18 heavy (non-hydrogen) atoms. The lowest BCUT2D eigenvalue weighted by molar-refractivity contribution is -0.129. The van der Waals surface area contributed by atoms with Crippen LogP contribution in [0.5, 0.6) is 0 Å². The summed E-state index contributed by atoms with van der Waals surface area (Å²) < 4.78 is 0. The molecule has 3 atom stereocenters. The zero-order valence-electron chi connectivity index (χ0n) is 11.4. The number of hydrogen-bond donors (Lipinski definition) is 3. The molecule has 0 aromatic heterocycles. The molecule has 1 rings (SSSR count). The molecule has 1 aliphatic carbocycles. The highest BCUT2D eigenvalue weighted by atomic mass is 16.3. The zero-order chi connectivity index (χ0) is 13.7. The summed E-state index contributed by atoms with van der Waals surface area (Å²) in [4.78, 5) is 23.0. The molecule has 104 valence electrons. The van der Waals surface area contributed by atoms with Crippen LogP contribution in [0, 0.1) is 11.8 Å². The lowest BCUT2D eigenvalue weighted by atomic mass is 10.0. The van der Waals surface area contributed by atoms with Gasteiger partial charge in [-0.1, -0.05) is 20.3 Å². The average Bonchev–Trinajstić information content (AvgIpc) is 2.68. The summed E-state index contributed by atoms with van der Waals surface area (Å²) in [6.45, 7) is 5.68. The quantitative estimate of drug-likeness (QED) is 0.667. The first-order valence-corrected chi connectivity index (χ1v) is 6.64. The second-order valence-electron chi connectivity index (χ2n) is 5.43. The number of carbonyl (C=O) groups excluding carboxylic acids is 2. The Labute approximate surface area is 108 Å². The average molecular weight is 256 g/mol. The van der Waals surface area contributed by atoms with Crippen LogP contribution in [0.4, 0.5) is 0 Å². The second kappa shape index (κ2) is 6.73. The van der Waals surface area contributed by atoms with Crippen LogP contribution < -0.4 is 10.6 Å². The third-order valence-corrected chi connectivity index (χ3v) is 3.47. The van der Waals surface area contributed by atoms with Gasteiger partial charge in [-0.2, -0.15) is 0 Å². The van der Waals surface area contributed by atoms with Gasteiger partial charge in [-0.3, -0.25) is 9.59 Å². The maximum atomic E-state index is 12.0. The first-order valence-electron chi connectivity index (χ1n) is 6.64. The maximum Gasteiger partial charge on any atom is 0.242 e. The second-order valence-corrected chi connectivity index (χ2v) is 5.43. The third kappa shape index (κ3) is 4.29. The van der Waals surface area contributed by atoms with Crippen molar-refractivity contribution in [1.82, 2.24) is 10.6 Å². The van der Waals surface area contributed by atoms with Crippen molar-refractivity contribution in [3.05, 3.63) is 0 Å². The van der Waals surface area contributed by atoms with Crippen LogP contribution in [0.3, 0.4) is 0 Å². The van der Waals surface area contributed by atoms with Gasteiger partial charge in [-0.05, 0) is 18.8 Å². The van der Waals surface area contributed by atoms with Gasteiger partial charge in [-0.15, -0.1) is 0 Å². The van der Waals surface area contributed by atoms with E-state index in [1.54, 1.807) is 0 Å². The largest absolute Gasteiger partial charge is 0.393 e. The van der Waals surface area contributed by atoms with Crippen LogP contribution in [-0.2, 0) is 9.59 Å². The van der Waals surface area contributed by atoms with Gasteiger partial charge in [0.15, 0.2) is 0 Å². The number of amides is 2. The molecular weight excluding hydrogens is 232 g/mol. The Morgan fingerprint density at radius 1 is 1.33 bits per heavy atom. The number of hydrogen-bond acceptors (Lipinski definition) is 3. The minimum atomic E-state index is -0.499. The van der Waals surface area contributed by atoms with Gasteiger partial charge in [0.05, 0.1) is 6.10 Å². The molecule has 0 spiro atoms. The lowest BCUT2D eigenvalue weighted by Crippen LogP contribution is -2.50. The maximum absolute atomic E-state index is 12.0. The van der Waals surface area contributed by atoms with Crippen molar-refractivity contribution in [1.29, 1.82) is 0 Å². The first kappa shape index (κ1) is 15.0. The van der Waals surface area contributed by atoms with Crippen molar-refractivity contribution >= 4 is 11.8 Å². The van der Waals surface area contributed by atoms with E-state index in [0.717, 1.165) is 19.3 Å². The van der Waals surface area contributed by atoms with Crippen LogP contribution in [0.25, 0.3) is 0 Å². The summed E-state index contributed by atoms with van der Waals surface area (Å²) in [5.41, 5.74) is 0. The van der Waals surface area contributed by atoms with Gasteiger partial charge in [0.25, 0.3) is 0 Å². The van der Waals surface area contributed by atoms with E-state index >= 15 is 0 Å². The predicted molar refractivity (Wildman–Crippen MR) is 68.8 cm³/mol. The van der Waals surface area contributed by atoms with E-state index in [1.807, 2.05) is 13.8 Å². The Morgan fingerprint density at radius 3 is 2.44 bits per heavy atom. The summed E-state index contributed by atoms with van der Waals surface area (Å²) in [5, 5.41) is 15.2. The Balaban J connectivity index is 2.43. The van der Waals surface area contributed by atoms with Crippen molar-refractivity contribution in [2.75, 3.05) is 6.54 Å². The Bertz CT molecular complexity index is 305.